The summed E-state index contributed by atoms with van der Waals surface area (Å²) in [7, 11) is 0. The zero-order chi connectivity index (χ0) is 15.3. The van der Waals surface area contributed by atoms with E-state index in [0.717, 1.165) is 24.3 Å². The molecule has 2 fully saturated rings. The van der Waals surface area contributed by atoms with Gasteiger partial charge in [0.1, 0.15) is 0 Å². The van der Waals surface area contributed by atoms with Crippen LogP contribution in [0.2, 0.25) is 0 Å². The summed E-state index contributed by atoms with van der Waals surface area (Å²) in [5.41, 5.74) is 0. The van der Waals surface area contributed by atoms with E-state index in [2.05, 4.69) is 50.5 Å². The van der Waals surface area contributed by atoms with Gasteiger partial charge in [0.05, 0.1) is 0 Å². The van der Waals surface area contributed by atoms with Crippen molar-refractivity contribution in [2.45, 2.75) is 12.8 Å². The maximum atomic E-state index is 4.55. The zero-order valence-electron chi connectivity index (χ0n) is 12.4. The molecule has 2 rings (SSSR count). The second-order valence-corrected chi connectivity index (χ2v) is 4.73. The van der Waals surface area contributed by atoms with Gasteiger partial charge in [-0.15, -0.1) is 0 Å². The van der Waals surface area contributed by atoms with E-state index in [1.54, 1.807) is 11.5 Å². The third-order valence-electron chi connectivity index (χ3n) is 1.58. The van der Waals surface area contributed by atoms with E-state index >= 15 is 0 Å². The maximum absolute atomic E-state index is 4.55. The molecule has 116 valence electrons. The minimum absolute atomic E-state index is 0. The Morgan fingerprint density at radius 3 is 0.727 bits per heavy atom. The third-order valence-corrected chi connectivity index (χ3v) is 2.53. The molecule has 2 aliphatic carbocycles. The van der Waals surface area contributed by atoms with Gasteiger partial charge in [0.15, 0.2) is 0 Å². The third kappa shape index (κ3) is 38.4. The van der Waals surface area contributed by atoms with E-state index in [1.807, 2.05) is 64.2 Å². The first-order valence-electron chi connectivity index (χ1n) is 6.20. The first-order chi connectivity index (χ1) is 9.83. The van der Waals surface area contributed by atoms with Crippen molar-refractivity contribution in [3.8, 4) is 0 Å². The maximum Gasteiger partial charge on any atom is 3.00 e. The van der Waals surface area contributed by atoms with Crippen LogP contribution in [0.3, 0.4) is 0 Å². The van der Waals surface area contributed by atoms with Gasteiger partial charge in [-0.25, -0.2) is 24.3 Å². The average molecular weight is 436 g/mol. The Morgan fingerprint density at radius 1 is 0.500 bits per heavy atom. The van der Waals surface area contributed by atoms with Crippen molar-refractivity contribution in [2.24, 2.45) is 0 Å². The van der Waals surface area contributed by atoms with Crippen LogP contribution in [-0.2, 0) is 94.0 Å². The predicted molar refractivity (Wildman–Crippen MR) is 100 cm³/mol. The summed E-state index contributed by atoms with van der Waals surface area (Å²) in [6.07, 6.45) is 21.8. The molecule has 0 unspecified atom stereocenters. The summed E-state index contributed by atoms with van der Waals surface area (Å²) in [6.45, 7) is 0. The molecule has 0 aliphatic heterocycles. The molecular formula is C16H20S4Ti2. The first kappa shape index (κ1) is 32.5. The minimum Gasteiger partial charge on any atom is -1.01 e. The fourth-order valence-electron chi connectivity index (χ4n) is 0.738. The van der Waals surface area contributed by atoms with Crippen molar-refractivity contribution >= 4 is 50.5 Å². The summed E-state index contributed by atoms with van der Waals surface area (Å²) < 4.78 is 0. The molecule has 0 heterocycles. The number of hydrogen-bond acceptors (Lipinski definition) is 4. The van der Waals surface area contributed by atoms with Gasteiger partial charge in [-0.05, 0) is 64.2 Å². The molecule has 0 aromatic rings. The van der Waals surface area contributed by atoms with Crippen LogP contribution in [0.1, 0.15) is 12.8 Å². The van der Waals surface area contributed by atoms with Gasteiger partial charge in [-0.3, -0.25) is 0 Å². The van der Waals surface area contributed by atoms with Crippen LogP contribution < -0.4 is 0 Å². The van der Waals surface area contributed by atoms with Crippen LogP contribution >= 0.6 is 0 Å². The Bertz CT molecular complexity index is 109. The predicted octanol–water partition coefficient (Wildman–Crippen LogP) is 3.30. The van der Waals surface area contributed by atoms with E-state index < -0.39 is 0 Å². The molecule has 0 bridgehead atoms. The van der Waals surface area contributed by atoms with Crippen LogP contribution in [0.25, 0.3) is 0 Å². The van der Waals surface area contributed by atoms with E-state index in [1.165, 1.54) is 0 Å². The van der Waals surface area contributed by atoms with Crippen molar-refractivity contribution in [1.29, 1.82) is 0 Å². The summed E-state index contributed by atoms with van der Waals surface area (Å²) in [4.78, 5) is 0. The Morgan fingerprint density at radius 2 is 0.682 bits per heavy atom. The Kier molecular flexibility index (Phi) is 51.7. The first-order valence-corrected chi connectivity index (χ1v) is 8.30. The standard InChI is InChI=1S/2C5H5.2C3H6S2.2Ti/c2*1-2-4-5-3-1;2*4-2-1-3-5;;/h2*1-5H;2*2,5H,1,3H2;;/q;;2*-2;2*+3/p-2. The molecule has 0 atom stereocenters. The number of rotatable bonds is 4. The Hall–Kier alpha value is 2.83. The second kappa shape index (κ2) is 35.0. The minimum atomic E-state index is 0. The number of hydrogen-bond donors (Lipinski definition) is 0. The molecule has 22 heavy (non-hydrogen) atoms. The normalized spacial score (nSPS) is 14.7. The van der Waals surface area contributed by atoms with Crippen molar-refractivity contribution in [3.63, 3.8) is 0 Å². The topological polar surface area (TPSA) is 0 Å². The molecule has 2 aliphatic rings. The molecule has 0 spiro atoms. The van der Waals surface area contributed by atoms with Gasteiger partial charge in [-0.2, -0.15) is 0 Å². The van der Waals surface area contributed by atoms with Gasteiger partial charge in [-0.1, -0.05) is 0 Å². The molecule has 12 radical (unpaired) electrons. The fraction of sp³-hybridized carbons (Fsp3) is 0.250. The summed E-state index contributed by atoms with van der Waals surface area (Å²) in [5, 5.41) is 0. The Labute approximate surface area is 192 Å². The monoisotopic (exact) mass is 436 g/mol. The van der Waals surface area contributed by atoms with Crippen LogP contribution in [0.15, 0.2) is 0 Å². The molecule has 6 heteroatoms. The van der Waals surface area contributed by atoms with Gasteiger partial charge in [0.2, 0.25) is 0 Å². The van der Waals surface area contributed by atoms with E-state index in [0.29, 0.717) is 0 Å². The van der Waals surface area contributed by atoms with Crippen molar-refractivity contribution < 1.29 is 43.4 Å². The molecule has 0 saturated heterocycles. The van der Waals surface area contributed by atoms with Crippen LogP contribution in [0, 0.1) is 75.7 Å². The van der Waals surface area contributed by atoms with Crippen LogP contribution in [-0.4, -0.2) is 11.5 Å². The molecule has 0 nitrogen and oxygen atoms in total. The SMILES string of the molecule is [CH]1[CH][CH][CH][CH]1.[CH]1[CH][CH][CH][CH]1.[S-][CH-]CC[S-].[S-][CH-]CC[S-].[Ti+3].[Ti+3]. The Balaban J connectivity index is -0.0000000953. The molecule has 0 aromatic carbocycles. The van der Waals surface area contributed by atoms with Gasteiger partial charge >= 0.3 is 43.4 Å². The summed E-state index contributed by atoms with van der Waals surface area (Å²) >= 11 is 18.0. The second-order valence-electron chi connectivity index (χ2n) is 3.24. The van der Waals surface area contributed by atoms with Crippen LogP contribution in [0.4, 0.5) is 0 Å². The molecule has 0 amide bonds. The summed E-state index contributed by atoms with van der Waals surface area (Å²) in [5.74, 6) is 4.85. The molecule has 0 aromatic heterocycles. The zero-order valence-corrected chi connectivity index (χ0v) is 18.8. The fourth-order valence-corrected chi connectivity index (χ4v) is 1.51. The van der Waals surface area contributed by atoms with Crippen LogP contribution in [0.5, 0.6) is 0 Å². The van der Waals surface area contributed by atoms with E-state index in [4.69, 9.17) is 0 Å². The largest absolute Gasteiger partial charge is 3.00 e. The van der Waals surface area contributed by atoms with Crippen molar-refractivity contribution in [2.75, 3.05) is 11.5 Å². The van der Waals surface area contributed by atoms with Gasteiger partial charge < -0.3 is 62.0 Å². The van der Waals surface area contributed by atoms with E-state index in [-0.39, 0.29) is 43.4 Å². The van der Waals surface area contributed by atoms with E-state index in [9.17, 15) is 0 Å². The van der Waals surface area contributed by atoms with Crippen molar-refractivity contribution in [3.05, 3.63) is 75.7 Å². The average Bonchev–Trinajstić information content (AvgIpc) is 3.20. The smallest absolute Gasteiger partial charge is 1.01 e. The quantitative estimate of drug-likeness (QED) is 0.377. The molecular weight excluding hydrogens is 416 g/mol. The molecule has 0 N–H and O–H groups in total. The molecule has 2 saturated carbocycles. The van der Waals surface area contributed by atoms with Gasteiger partial charge in [0, 0.05) is 0 Å². The van der Waals surface area contributed by atoms with Gasteiger partial charge in [0.25, 0.3) is 0 Å². The van der Waals surface area contributed by atoms with Crippen molar-refractivity contribution in [1.82, 2.24) is 0 Å². The summed E-state index contributed by atoms with van der Waals surface area (Å²) in [6, 6.07) is 0.